The fraction of sp³-hybridized carbons (Fsp3) is 0.542. The molecule has 1 saturated carbocycles. The molecule has 1 aromatic heterocycles. The molecule has 170 valence electrons. The molecule has 0 amide bonds. The van der Waals surface area contributed by atoms with Crippen molar-refractivity contribution in [2.75, 3.05) is 13.2 Å². The second-order valence-electron chi connectivity index (χ2n) is 8.45. The Morgan fingerprint density at radius 1 is 1.19 bits per heavy atom. The van der Waals surface area contributed by atoms with Crippen LogP contribution in [-0.4, -0.2) is 23.8 Å². The SMILES string of the molecule is CCCOc1ncc(C(F)(F)F)cc1[C@@H]1CO[C@]2(CCCC[C@H]2c2ccccc2)C1.Cl. The Kier molecular flexibility index (Phi) is 7.53. The Morgan fingerprint density at radius 2 is 1.97 bits per heavy atom. The molecule has 0 unspecified atom stereocenters. The van der Waals surface area contributed by atoms with Crippen LogP contribution in [0.3, 0.4) is 0 Å². The number of benzene rings is 1. The van der Waals surface area contributed by atoms with E-state index in [2.05, 4.69) is 17.1 Å². The highest BCUT2D eigenvalue weighted by molar-refractivity contribution is 5.85. The number of pyridine rings is 1. The van der Waals surface area contributed by atoms with Crippen LogP contribution in [0.15, 0.2) is 42.6 Å². The number of alkyl halides is 3. The van der Waals surface area contributed by atoms with E-state index in [1.807, 2.05) is 25.1 Å². The van der Waals surface area contributed by atoms with Gasteiger partial charge in [-0.3, -0.25) is 0 Å². The zero-order valence-corrected chi connectivity index (χ0v) is 18.5. The highest BCUT2D eigenvalue weighted by Crippen LogP contribution is 2.53. The molecule has 2 aliphatic rings. The largest absolute Gasteiger partial charge is 0.477 e. The first kappa shape index (κ1) is 23.9. The lowest BCUT2D eigenvalue weighted by molar-refractivity contribution is -0.137. The van der Waals surface area contributed by atoms with Crippen molar-refractivity contribution >= 4 is 12.4 Å². The smallest absolute Gasteiger partial charge is 0.417 e. The van der Waals surface area contributed by atoms with Crippen LogP contribution in [0.25, 0.3) is 0 Å². The molecule has 3 nitrogen and oxygen atoms in total. The van der Waals surface area contributed by atoms with Gasteiger partial charge in [0.25, 0.3) is 0 Å². The summed E-state index contributed by atoms with van der Waals surface area (Å²) in [6.07, 6.45) is 2.09. The Bertz CT molecular complexity index is 862. The predicted molar refractivity (Wildman–Crippen MR) is 116 cm³/mol. The summed E-state index contributed by atoms with van der Waals surface area (Å²) in [6, 6.07) is 11.6. The summed E-state index contributed by atoms with van der Waals surface area (Å²) >= 11 is 0. The Morgan fingerprint density at radius 3 is 2.68 bits per heavy atom. The van der Waals surface area contributed by atoms with Crippen molar-refractivity contribution in [3.63, 3.8) is 0 Å². The molecule has 1 spiro atoms. The van der Waals surface area contributed by atoms with Crippen LogP contribution in [0.5, 0.6) is 5.88 Å². The average molecular weight is 456 g/mol. The second-order valence-corrected chi connectivity index (χ2v) is 8.45. The maximum Gasteiger partial charge on any atom is 0.417 e. The minimum absolute atomic E-state index is 0. The summed E-state index contributed by atoms with van der Waals surface area (Å²) in [4.78, 5) is 4.04. The van der Waals surface area contributed by atoms with E-state index >= 15 is 0 Å². The minimum Gasteiger partial charge on any atom is -0.477 e. The molecule has 1 saturated heterocycles. The second kappa shape index (κ2) is 9.78. The number of nitrogens with zero attached hydrogens (tertiary/aromatic N) is 1. The highest BCUT2D eigenvalue weighted by Gasteiger charge is 2.49. The summed E-state index contributed by atoms with van der Waals surface area (Å²) in [5, 5.41) is 0. The van der Waals surface area contributed by atoms with E-state index in [1.54, 1.807) is 0 Å². The van der Waals surface area contributed by atoms with Crippen molar-refractivity contribution in [1.82, 2.24) is 4.98 Å². The third-order valence-electron chi connectivity index (χ3n) is 6.43. The first-order chi connectivity index (χ1) is 14.4. The number of rotatable bonds is 5. The van der Waals surface area contributed by atoms with Gasteiger partial charge in [-0.25, -0.2) is 4.98 Å². The zero-order valence-electron chi connectivity index (χ0n) is 17.7. The van der Waals surface area contributed by atoms with Crippen LogP contribution in [0, 0.1) is 0 Å². The van der Waals surface area contributed by atoms with Gasteiger partial charge in [-0.15, -0.1) is 12.4 Å². The van der Waals surface area contributed by atoms with Gasteiger partial charge in [0.1, 0.15) is 0 Å². The van der Waals surface area contributed by atoms with Gasteiger partial charge < -0.3 is 9.47 Å². The van der Waals surface area contributed by atoms with Crippen LogP contribution in [0.2, 0.25) is 0 Å². The first-order valence-corrected chi connectivity index (χ1v) is 10.8. The molecule has 0 radical (unpaired) electrons. The molecule has 0 bridgehead atoms. The molecular weight excluding hydrogens is 427 g/mol. The summed E-state index contributed by atoms with van der Waals surface area (Å²) in [5.74, 6) is 0.412. The van der Waals surface area contributed by atoms with Gasteiger partial charge >= 0.3 is 6.18 Å². The fourth-order valence-electron chi connectivity index (χ4n) is 5.02. The Labute approximate surface area is 187 Å². The van der Waals surface area contributed by atoms with E-state index in [0.717, 1.165) is 38.3 Å². The van der Waals surface area contributed by atoms with Crippen molar-refractivity contribution in [3.05, 3.63) is 59.3 Å². The van der Waals surface area contributed by atoms with Gasteiger partial charge in [0.2, 0.25) is 5.88 Å². The topological polar surface area (TPSA) is 31.4 Å². The molecule has 0 N–H and O–H groups in total. The number of hydrogen-bond acceptors (Lipinski definition) is 3. The van der Waals surface area contributed by atoms with Gasteiger partial charge in [0.05, 0.1) is 24.4 Å². The Hall–Kier alpha value is -1.79. The maximum atomic E-state index is 13.4. The normalized spacial score (nSPS) is 25.9. The van der Waals surface area contributed by atoms with Crippen LogP contribution in [0.1, 0.15) is 74.0 Å². The molecule has 1 aromatic carbocycles. The zero-order chi connectivity index (χ0) is 21.2. The van der Waals surface area contributed by atoms with E-state index in [0.29, 0.717) is 31.1 Å². The molecule has 3 atom stereocenters. The maximum absolute atomic E-state index is 13.4. The third kappa shape index (κ3) is 5.01. The van der Waals surface area contributed by atoms with Gasteiger partial charge in [-0.2, -0.15) is 13.2 Å². The van der Waals surface area contributed by atoms with Gasteiger partial charge in [-0.05, 0) is 37.3 Å². The fourth-order valence-corrected chi connectivity index (χ4v) is 5.02. The average Bonchev–Trinajstić information content (AvgIpc) is 3.16. The molecule has 2 aromatic rings. The molecule has 1 aliphatic carbocycles. The summed E-state index contributed by atoms with van der Waals surface area (Å²) in [7, 11) is 0. The molecule has 4 rings (SSSR count). The van der Waals surface area contributed by atoms with E-state index in [9.17, 15) is 13.2 Å². The molecule has 7 heteroatoms. The summed E-state index contributed by atoms with van der Waals surface area (Å²) in [5.41, 5.74) is 0.709. The molecule has 31 heavy (non-hydrogen) atoms. The predicted octanol–water partition coefficient (Wildman–Crippen LogP) is 6.91. The third-order valence-corrected chi connectivity index (χ3v) is 6.43. The van der Waals surface area contributed by atoms with E-state index in [1.165, 1.54) is 11.6 Å². The van der Waals surface area contributed by atoms with Crippen molar-refractivity contribution in [3.8, 4) is 5.88 Å². The van der Waals surface area contributed by atoms with Crippen LogP contribution in [-0.2, 0) is 10.9 Å². The molecule has 1 aliphatic heterocycles. The monoisotopic (exact) mass is 455 g/mol. The number of hydrogen-bond donors (Lipinski definition) is 0. The van der Waals surface area contributed by atoms with Crippen LogP contribution >= 0.6 is 12.4 Å². The van der Waals surface area contributed by atoms with Gasteiger partial charge in [0, 0.05) is 23.6 Å². The molecule has 2 fully saturated rings. The molecule has 2 heterocycles. The lowest BCUT2D eigenvalue weighted by Gasteiger charge is -2.41. The summed E-state index contributed by atoms with van der Waals surface area (Å²) < 4.78 is 52.2. The number of ether oxygens (including phenoxy) is 2. The number of halogens is 4. The van der Waals surface area contributed by atoms with Crippen molar-refractivity contribution < 1.29 is 22.6 Å². The van der Waals surface area contributed by atoms with Crippen LogP contribution in [0.4, 0.5) is 13.2 Å². The van der Waals surface area contributed by atoms with Crippen molar-refractivity contribution in [2.45, 2.75) is 69.1 Å². The van der Waals surface area contributed by atoms with Crippen molar-refractivity contribution in [1.29, 1.82) is 0 Å². The minimum atomic E-state index is -4.43. The highest BCUT2D eigenvalue weighted by atomic mass is 35.5. The van der Waals surface area contributed by atoms with E-state index < -0.39 is 11.7 Å². The molecular formula is C24H29ClF3NO2. The van der Waals surface area contributed by atoms with Gasteiger partial charge in [-0.1, -0.05) is 50.1 Å². The lowest BCUT2D eigenvalue weighted by atomic mass is 9.69. The lowest BCUT2D eigenvalue weighted by Crippen LogP contribution is -2.38. The van der Waals surface area contributed by atoms with E-state index in [-0.39, 0.29) is 29.8 Å². The summed E-state index contributed by atoms with van der Waals surface area (Å²) in [6.45, 7) is 2.79. The first-order valence-electron chi connectivity index (χ1n) is 10.8. The van der Waals surface area contributed by atoms with Crippen LogP contribution < -0.4 is 4.74 Å². The van der Waals surface area contributed by atoms with Crippen molar-refractivity contribution in [2.24, 2.45) is 0 Å². The van der Waals surface area contributed by atoms with E-state index in [4.69, 9.17) is 9.47 Å². The standard InChI is InChI=1S/C24H28F3NO2.ClH/c1-2-12-29-22-20(13-19(15-28-22)24(25,26)27)18-14-23(30-16-18)11-7-6-10-21(23)17-8-4-3-5-9-17;/h3-5,8-9,13,15,18,21H,2,6-7,10-12,14,16H2,1H3;1H/t18-,21-,23+;/m0./s1. The van der Waals surface area contributed by atoms with Gasteiger partial charge in [0.15, 0.2) is 0 Å². The quantitative estimate of drug-likeness (QED) is 0.490. The Balaban J connectivity index is 0.00000272. The number of aromatic nitrogens is 1.